The number of anilines is 4. The summed E-state index contributed by atoms with van der Waals surface area (Å²) in [6, 6.07) is 68.0. The highest BCUT2D eigenvalue weighted by Crippen LogP contribution is 2.34. The summed E-state index contributed by atoms with van der Waals surface area (Å²) >= 11 is 0. The third kappa shape index (κ3) is 8.41. The van der Waals surface area contributed by atoms with Gasteiger partial charge in [-0.15, -0.1) is 0 Å². The average Bonchev–Trinajstić information content (AvgIpc) is 3.74. The van der Waals surface area contributed by atoms with Gasteiger partial charge >= 0.3 is 0 Å². The Hall–Kier alpha value is -8.48. The van der Waals surface area contributed by atoms with Crippen LogP contribution in [-0.4, -0.2) is 23.1 Å². The second kappa shape index (κ2) is 17.7. The van der Waals surface area contributed by atoms with E-state index in [-0.39, 0.29) is 34.3 Å². The van der Waals surface area contributed by atoms with Gasteiger partial charge in [-0.05, 0) is 100 Å². The number of ketones is 4. The molecule has 2 aliphatic carbocycles. The van der Waals surface area contributed by atoms with Crippen LogP contribution >= 0.6 is 0 Å². The van der Waals surface area contributed by atoms with Gasteiger partial charge in [0.05, 0.1) is 11.1 Å². The van der Waals surface area contributed by atoms with Gasteiger partial charge in [-0.1, -0.05) is 158 Å². The molecular weight excluding hydrogens is 801 g/mol. The molecule has 6 heteroatoms. The number of hydrogen-bond donors (Lipinski definition) is 0. The SMILES string of the molecule is O=C1C(=Cc2ccc(N(Cc3ccccc3)c3ccc(Cc4ccc(N(Cc5ccccc5)c5ccc(C=C6C(=O)c7ccccc7C6=O)cc5)cc4)cc3)cc2)C(=O)c2ccccc21. The van der Waals surface area contributed by atoms with Crippen LogP contribution in [0.3, 0.4) is 0 Å². The average molecular weight is 843 g/mol. The maximum absolute atomic E-state index is 13.0. The predicted octanol–water partition coefficient (Wildman–Crippen LogP) is 12.9. The Kier molecular flexibility index (Phi) is 11.1. The molecule has 0 heterocycles. The Labute approximate surface area is 378 Å². The number of nitrogens with zero attached hydrogens (tertiary/aromatic N) is 2. The number of carbonyl (C=O) groups is 4. The van der Waals surface area contributed by atoms with E-state index in [0.717, 1.165) is 40.3 Å². The second-order valence-electron chi connectivity index (χ2n) is 16.4. The van der Waals surface area contributed by atoms with Crippen molar-refractivity contribution in [1.29, 1.82) is 0 Å². The van der Waals surface area contributed by atoms with E-state index in [2.05, 4.69) is 82.6 Å². The standard InChI is InChI=1S/C59H42N2O4/c62-56-50-15-7-8-16-51(50)57(63)54(56)36-42-23-31-48(32-24-42)60(38-44-11-3-1-4-12-44)46-27-19-40(20-28-46)35-41-21-29-47(30-22-41)61(39-45-13-5-2-6-14-45)49-33-25-43(26-34-49)37-55-58(64)52-17-9-10-18-53(52)59(55)65/h1-34,36-37H,35,38-39H2. The van der Waals surface area contributed by atoms with Crippen molar-refractivity contribution in [3.63, 3.8) is 0 Å². The van der Waals surface area contributed by atoms with Crippen molar-refractivity contribution < 1.29 is 19.2 Å². The van der Waals surface area contributed by atoms with Crippen LogP contribution < -0.4 is 9.80 Å². The summed E-state index contributed by atoms with van der Waals surface area (Å²) in [6.45, 7) is 1.31. The lowest BCUT2D eigenvalue weighted by Gasteiger charge is -2.26. The zero-order valence-corrected chi connectivity index (χ0v) is 35.4. The first-order valence-electron chi connectivity index (χ1n) is 21.7. The zero-order valence-electron chi connectivity index (χ0n) is 35.4. The monoisotopic (exact) mass is 842 g/mol. The first-order valence-corrected chi connectivity index (χ1v) is 21.7. The molecule has 312 valence electrons. The van der Waals surface area contributed by atoms with Crippen LogP contribution in [0.25, 0.3) is 12.2 Å². The third-order valence-electron chi connectivity index (χ3n) is 12.1. The topological polar surface area (TPSA) is 74.8 Å². The lowest BCUT2D eigenvalue weighted by molar-refractivity contribution is 0.0975. The predicted molar refractivity (Wildman–Crippen MR) is 259 cm³/mol. The summed E-state index contributed by atoms with van der Waals surface area (Å²) in [5.41, 5.74) is 12.6. The molecule has 8 aromatic rings. The van der Waals surface area contributed by atoms with Gasteiger partial charge in [-0.25, -0.2) is 0 Å². The molecule has 10 rings (SSSR count). The van der Waals surface area contributed by atoms with E-state index in [4.69, 9.17) is 0 Å². The minimum Gasteiger partial charge on any atom is -0.337 e. The molecule has 0 radical (unpaired) electrons. The number of rotatable bonds is 12. The molecule has 0 aliphatic heterocycles. The molecule has 6 nitrogen and oxygen atoms in total. The molecule has 0 spiro atoms. The summed E-state index contributed by atoms with van der Waals surface area (Å²) in [5, 5.41) is 0. The van der Waals surface area contributed by atoms with Crippen LogP contribution in [0.15, 0.2) is 217 Å². The van der Waals surface area contributed by atoms with Gasteiger partial charge in [0.15, 0.2) is 23.1 Å². The minimum absolute atomic E-state index is 0.195. The van der Waals surface area contributed by atoms with Crippen LogP contribution in [0.4, 0.5) is 22.7 Å². The van der Waals surface area contributed by atoms with Gasteiger partial charge in [-0.2, -0.15) is 0 Å². The molecule has 0 amide bonds. The second-order valence-corrected chi connectivity index (χ2v) is 16.4. The van der Waals surface area contributed by atoms with Crippen molar-refractivity contribution >= 4 is 58.0 Å². The Balaban J connectivity index is 0.863. The molecular formula is C59H42N2O4. The van der Waals surface area contributed by atoms with Crippen molar-refractivity contribution in [2.24, 2.45) is 0 Å². The highest BCUT2D eigenvalue weighted by molar-refractivity contribution is 6.42. The number of benzene rings is 8. The van der Waals surface area contributed by atoms with E-state index in [1.807, 2.05) is 84.9 Å². The molecule has 65 heavy (non-hydrogen) atoms. The van der Waals surface area contributed by atoms with Crippen molar-refractivity contribution in [3.8, 4) is 0 Å². The van der Waals surface area contributed by atoms with Gasteiger partial charge in [0.2, 0.25) is 0 Å². The number of allylic oxidation sites excluding steroid dienone is 2. The van der Waals surface area contributed by atoms with Gasteiger partial charge in [0.25, 0.3) is 0 Å². The van der Waals surface area contributed by atoms with Crippen molar-refractivity contribution in [2.75, 3.05) is 9.80 Å². The van der Waals surface area contributed by atoms with Crippen molar-refractivity contribution in [1.82, 2.24) is 0 Å². The van der Waals surface area contributed by atoms with E-state index in [1.54, 1.807) is 60.7 Å². The summed E-state index contributed by atoms with van der Waals surface area (Å²) in [5.74, 6) is -0.927. The van der Waals surface area contributed by atoms with Gasteiger partial charge < -0.3 is 9.80 Å². The van der Waals surface area contributed by atoms with Gasteiger partial charge in [-0.3, -0.25) is 19.2 Å². The molecule has 8 aromatic carbocycles. The van der Waals surface area contributed by atoms with E-state index in [9.17, 15) is 19.2 Å². The largest absolute Gasteiger partial charge is 0.337 e. The fourth-order valence-corrected chi connectivity index (χ4v) is 8.66. The fraction of sp³-hybridized carbons (Fsp3) is 0.0508. The fourth-order valence-electron chi connectivity index (χ4n) is 8.66. The van der Waals surface area contributed by atoms with Crippen LogP contribution in [-0.2, 0) is 19.5 Å². The summed E-state index contributed by atoms with van der Waals surface area (Å²) < 4.78 is 0. The summed E-state index contributed by atoms with van der Waals surface area (Å²) in [4.78, 5) is 56.7. The van der Waals surface area contributed by atoms with Crippen molar-refractivity contribution in [2.45, 2.75) is 19.5 Å². The number of carbonyl (C=O) groups excluding carboxylic acids is 4. The third-order valence-corrected chi connectivity index (χ3v) is 12.1. The lowest BCUT2D eigenvalue weighted by Crippen LogP contribution is -2.16. The van der Waals surface area contributed by atoms with E-state index >= 15 is 0 Å². The molecule has 0 saturated heterocycles. The highest BCUT2D eigenvalue weighted by Gasteiger charge is 2.33. The maximum Gasteiger partial charge on any atom is 0.197 e. The smallest absolute Gasteiger partial charge is 0.197 e. The first-order chi connectivity index (χ1) is 31.9. The highest BCUT2D eigenvalue weighted by atomic mass is 16.2. The van der Waals surface area contributed by atoms with Crippen molar-refractivity contribution in [3.05, 3.63) is 273 Å². The molecule has 0 unspecified atom stereocenters. The van der Waals surface area contributed by atoms with E-state index < -0.39 is 0 Å². The van der Waals surface area contributed by atoms with Crippen LogP contribution in [0.2, 0.25) is 0 Å². The van der Waals surface area contributed by atoms with Crippen LogP contribution in [0, 0.1) is 0 Å². The maximum atomic E-state index is 13.0. The Bertz CT molecular complexity index is 2860. The number of Topliss-reactive ketones (excluding diaryl/α,β-unsaturated/α-hetero) is 4. The summed E-state index contributed by atoms with van der Waals surface area (Å²) in [7, 11) is 0. The molecule has 2 aliphatic rings. The normalized spacial score (nSPS) is 12.9. The van der Waals surface area contributed by atoms with Crippen LogP contribution in [0.5, 0.6) is 0 Å². The lowest BCUT2D eigenvalue weighted by atomic mass is 10.0. The number of hydrogen-bond acceptors (Lipinski definition) is 6. The van der Waals surface area contributed by atoms with E-state index in [1.165, 1.54) is 22.3 Å². The Morgan fingerprint density at radius 1 is 0.292 bits per heavy atom. The van der Waals surface area contributed by atoms with Gasteiger partial charge in [0, 0.05) is 58.1 Å². The summed E-state index contributed by atoms with van der Waals surface area (Å²) in [6.07, 6.45) is 4.15. The zero-order chi connectivity index (χ0) is 44.3. The molecule has 0 fully saturated rings. The first kappa shape index (κ1) is 40.6. The molecule has 0 N–H and O–H groups in total. The molecule has 0 aromatic heterocycles. The quantitative estimate of drug-likeness (QED) is 0.0901. The van der Waals surface area contributed by atoms with Crippen LogP contribution in [0.1, 0.15) is 74.8 Å². The van der Waals surface area contributed by atoms with Gasteiger partial charge in [0.1, 0.15) is 0 Å². The Morgan fingerprint density at radius 3 is 0.877 bits per heavy atom. The molecule has 0 atom stereocenters. The minimum atomic E-state index is -0.232. The molecule has 0 saturated carbocycles. The van der Waals surface area contributed by atoms with E-state index in [0.29, 0.717) is 35.3 Å². The molecule has 0 bridgehead atoms. The Morgan fingerprint density at radius 2 is 0.569 bits per heavy atom. The number of fused-ring (bicyclic) bond motifs is 2.